The number of carbonyl (C=O) groups is 1. The topological polar surface area (TPSA) is 97.4 Å². The summed E-state index contributed by atoms with van der Waals surface area (Å²) < 4.78 is 85.7. The van der Waals surface area contributed by atoms with Gasteiger partial charge in [-0.1, -0.05) is 89.0 Å². The molecule has 12 heteroatoms. The van der Waals surface area contributed by atoms with Gasteiger partial charge in [0.05, 0.1) is 4.90 Å². The van der Waals surface area contributed by atoms with Crippen LogP contribution in [0.3, 0.4) is 0 Å². The fourth-order valence-electron chi connectivity index (χ4n) is 5.21. The number of sulfonamides is 1. The first-order valence-electron chi connectivity index (χ1n) is 14.9. The first-order valence-corrected chi connectivity index (χ1v) is 19.1. The van der Waals surface area contributed by atoms with Gasteiger partial charge in [0.2, 0.25) is 10.0 Å². The van der Waals surface area contributed by atoms with Crippen LogP contribution in [-0.4, -0.2) is 29.0 Å². The minimum atomic E-state index is -4.46. The van der Waals surface area contributed by atoms with Gasteiger partial charge in [-0.2, -0.15) is 0 Å². The molecule has 0 aliphatic heterocycles. The number of nitrogens with one attached hydrogen (secondary N) is 1. The molecule has 0 radical (unpaired) electrons. The summed E-state index contributed by atoms with van der Waals surface area (Å²) in [6, 6.07) is 15.5. The summed E-state index contributed by atoms with van der Waals surface area (Å²) >= 11 is 12.8. The van der Waals surface area contributed by atoms with Crippen molar-refractivity contribution in [1.82, 2.24) is 4.72 Å². The number of amides is 1. The Bertz CT molecular complexity index is 2150. The van der Waals surface area contributed by atoms with E-state index in [1.54, 1.807) is 32.9 Å². The van der Waals surface area contributed by atoms with Gasteiger partial charge in [-0.15, -0.1) is 0 Å². The molecule has 4 rings (SSSR count). The lowest BCUT2D eigenvalue weighted by Crippen LogP contribution is -2.33. The van der Waals surface area contributed by atoms with E-state index in [-0.39, 0.29) is 53.9 Å². The molecule has 0 saturated carbocycles. The van der Waals surface area contributed by atoms with Crippen LogP contribution in [-0.2, 0) is 30.7 Å². The number of halogens is 4. The molecule has 0 heterocycles. The molecular formula is C36H37Cl2F2NO5S2. The predicted octanol–water partition coefficient (Wildman–Crippen LogP) is 9.42. The third-order valence-electron chi connectivity index (χ3n) is 8.05. The second-order valence-corrected chi connectivity index (χ2v) is 18.7. The quantitative estimate of drug-likeness (QED) is 0.204. The smallest absolute Gasteiger partial charge is 0.264 e. The van der Waals surface area contributed by atoms with Gasteiger partial charge in [0.15, 0.2) is 9.84 Å². The van der Waals surface area contributed by atoms with Gasteiger partial charge in [-0.3, -0.25) is 4.79 Å². The zero-order chi connectivity index (χ0) is 36.1. The fraction of sp³-hybridized carbons (Fsp3) is 0.306. The molecule has 0 aliphatic rings. The molecule has 256 valence electrons. The molecule has 1 N–H and O–H groups in total. The minimum Gasteiger partial charge on any atom is -0.268 e. The zero-order valence-electron chi connectivity index (χ0n) is 27.8. The number of sulfone groups is 1. The molecule has 4 aromatic rings. The number of hydrogen-bond donors (Lipinski definition) is 1. The molecule has 1 unspecified atom stereocenters. The molecular weight excluding hydrogens is 699 g/mol. The lowest BCUT2D eigenvalue weighted by molar-refractivity contribution is 0.0981. The van der Waals surface area contributed by atoms with Crippen LogP contribution in [0.2, 0.25) is 10.0 Å². The van der Waals surface area contributed by atoms with Gasteiger partial charge in [0, 0.05) is 44.1 Å². The first kappa shape index (κ1) is 37.5. The van der Waals surface area contributed by atoms with Crippen molar-refractivity contribution in [2.45, 2.75) is 69.4 Å². The van der Waals surface area contributed by atoms with E-state index in [1.807, 2.05) is 20.8 Å². The Morgan fingerprint density at radius 2 is 1.25 bits per heavy atom. The van der Waals surface area contributed by atoms with Crippen LogP contribution in [0, 0.1) is 11.6 Å². The Labute approximate surface area is 291 Å². The summed E-state index contributed by atoms with van der Waals surface area (Å²) in [6.07, 6.45) is 1.01. The second-order valence-electron chi connectivity index (χ2n) is 13.8. The normalized spacial score (nSPS) is 13.3. The predicted molar refractivity (Wildman–Crippen MR) is 189 cm³/mol. The van der Waals surface area contributed by atoms with Gasteiger partial charge in [-0.25, -0.2) is 30.3 Å². The third-order valence-corrected chi connectivity index (χ3v) is 11.5. The Morgan fingerprint density at radius 3 is 1.81 bits per heavy atom. The molecule has 6 nitrogen and oxygen atoms in total. The van der Waals surface area contributed by atoms with E-state index in [9.17, 15) is 21.6 Å². The van der Waals surface area contributed by atoms with Crippen molar-refractivity contribution >= 4 is 49.0 Å². The van der Waals surface area contributed by atoms with E-state index in [2.05, 4.69) is 4.72 Å². The summed E-state index contributed by atoms with van der Waals surface area (Å²) in [5.74, 6) is -2.17. The summed E-state index contributed by atoms with van der Waals surface area (Å²) in [5, 5.41) is -1.16. The molecule has 0 spiro atoms. The maximum atomic E-state index is 16.1. The lowest BCUT2D eigenvalue weighted by atomic mass is 9.83. The molecule has 0 aliphatic carbocycles. The van der Waals surface area contributed by atoms with Crippen LogP contribution in [0.15, 0.2) is 71.6 Å². The summed E-state index contributed by atoms with van der Waals surface area (Å²) in [7, 11) is -8.14. The summed E-state index contributed by atoms with van der Waals surface area (Å²) in [6.45, 7) is 12.2. The van der Waals surface area contributed by atoms with Crippen molar-refractivity contribution in [3.8, 4) is 22.3 Å². The van der Waals surface area contributed by atoms with Gasteiger partial charge in [0.1, 0.15) is 16.9 Å². The highest BCUT2D eigenvalue weighted by atomic mass is 35.5. The summed E-state index contributed by atoms with van der Waals surface area (Å²) in [4.78, 5) is 13.3. The third kappa shape index (κ3) is 7.77. The van der Waals surface area contributed by atoms with Gasteiger partial charge >= 0.3 is 0 Å². The van der Waals surface area contributed by atoms with Crippen molar-refractivity contribution in [2.24, 2.45) is 0 Å². The van der Waals surface area contributed by atoms with Gasteiger partial charge in [-0.05, 0) is 76.9 Å². The maximum Gasteiger partial charge on any atom is 0.264 e. The van der Waals surface area contributed by atoms with Crippen LogP contribution < -0.4 is 4.72 Å². The second kappa shape index (κ2) is 13.2. The molecule has 0 aromatic heterocycles. The van der Waals surface area contributed by atoms with Crippen molar-refractivity contribution in [1.29, 1.82) is 0 Å². The van der Waals surface area contributed by atoms with E-state index in [0.717, 1.165) is 6.26 Å². The fourth-order valence-corrected chi connectivity index (χ4v) is 7.35. The van der Waals surface area contributed by atoms with Crippen molar-refractivity contribution in [3.63, 3.8) is 0 Å². The molecule has 1 amide bonds. The molecule has 0 saturated heterocycles. The Hall–Kier alpha value is -3.31. The van der Waals surface area contributed by atoms with Gasteiger partial charge < -0.3 is 0 Å². The van der Waals surface area contributed by atoms with E-state index >= 15 is 8.78 Å². The van der Waals surface area contributed by atoms with Crippen molar-refractivity contribution in [3.05, 3.63) is 111 Å². The average Bonchev–Trinajstić information content (AvgIpc) is 2.95. The maximum absolute atomic E-state index is 16.1. The molecule has 4 aromatic carbocycles. The number of benzene rings is 4. The van der Waals surface area contributed by atoms with E-state index < -0.39 is 53.5 Å². The van der Waals surface area contributed by atoms with Crippen LogP contribution >= 0.6 is 23.2 Å². The van der Waals surface area contributed by atoms with Crippen LogP contribution in [0.4, 0.5) is 8.78 Å². The summed E-state index contributed by atoms with van der Waals surface area (Å²) in [5.41, 5.74) is -0.318. The van der Waals surface area contributed by atoms with Crippen LogP contribution in [0.5, 0.6) is 0 Å². The SMILES string of the molecule is CC(c1cc(-c2cc(S(C)(=O)=O)ccc2Cl)c(F)c(C(C)(C)C)c1)S(=O)(=O)NC(=O)c1ccc(Cl)c(-c2cccc(C(C)(C)C)c2F)c1. The van der Waals surface area contributed by atoms with Crippen LogP contribution in [0.25, 0.3) is 22.3 Å². The Morgan fingerprint density at radius 1 is 0.708 bits per heavy atom. The van der Waals surface area contributed by atoms with Crippen molar-refractivity contribution < 1.29 is 30.4 Å². The van der Waals surface area contributed by atoms with E-state index in [0.29, 0.717) is 5.56 Å². The number of carbonyl (C=O) groups excluding carboxylic acids is 1. The highest BCUT2D eigenvalue weighted by Gasteiger charge is 2.31. The molecule has 0 bridgehead atoms. The van der Waals surface area contributed by atoms with E-state index in [4.69, 9.17) is 23.2 Å². The monoisotopic (exact) mass is 735 g/mol. The average molecular weight is 737 g/mol. The molecule has 48 heavy (non-hydrogen) atoms. The van der Waals surface area contributed by atoms with Crippen LogP contribution in [0.1, 0.15) is 80.8 Å². The van der Waals surface area contributed by atoms with E-state index in [1.165, 1.54) is 61.5 Å². The molecule has 1 atom stereocenters. The highest BCUT2D eigenvalue weighted by Crippen LogP contribution is 2.40. The zero-order valence-corrected chi connectivity index (χ0v) is 30.9. The number of hydrogen-bond acceptors (Lipinski definition) is 5. The lowest BCUT2D eigenvalue weighted by Gasteiger charge is -2.25. The standard InChI is InChI=1S/C36H37Cl2F2NO5S2/c1-20(22-17-27(33(40)29(18-22)36(5,6)7)26-19-23(47(8,43)44)13-15-31(26)38)48(45,46)41-34(42)21-12-14-30(37)25(16-21)24-10-9-11-28(32(24)39)35(2,3)4/h9-20H,1-8H3,(H,41,42). The molecule has 0 fully saturated rings. The number of rotatable bonds is 7. The highest BCUT2D eigenvalue weighted by molar-refractivity contribution is 7.90. The largest absolute Gasteiger partial charge is 0.268 e. The van der Waals surface area contributed by atoms with Gasteiger partial charge in [0.25, 0.3) is 5.91 Å². The first-order chi connectivity index (χ1) is 21.9. The Balaban J connectivity index is 1.77. The van der Waals surface area contributed by atoms with Crippen molar-refractivity contribution in [2.75, 3.05) is 6.26 Å². The Kier molecular flexibility index (Phi) is 10.3. The minimum absolute atomic E-state index is 0.0603.